The zero-order valence-electron chi connectivity index (χ0n) is 31.5. The number of nitrogens with zero attached hydrogens (tertiary/aromatic N) is 1. The van der Waals surface area contributed by atoms with Crippen LogP contribution in [-0.4, -0.2) is 0 Å². The van der Waals surface area contributed by atoms with Crippen molar-refractivity contribution >= 4 is 70.5 Å². The fourth-order valence-corrected chi connectivity index (χ4v) is 10.7. The maximum absolute atomic E-state index is 6.28. The fraction of sp³-hybridized carbons (Fsp3) is 0.0182. The lowest BCUT2D eigenvalue weighted by molar-refractivity contribution is 0.669. The predicted molar refractivity (Wildman–Crippen MR) is 244 cm³/mol. The van der Waals surface area contributed by atoms with Gasteiger partial charge in [0.05, 0.1) is 5.41 Å². The SMILES string of the molecule is c1ccc(-c2ccc(N(c3ccc4oc5ccccc5c4c3)c3ccc4sc5ccc(C6(c7ccccc7)c7ccccc7-c7ccccc76)cc5c4c3)cc2)cc1. The number of fused-ring (bicyclic) bond motifs is 9. The molecule has 0 saturated carbocycles. The molecule has 3 heteroatoms. The molecule has 0 saturated heterocycles. The highest BCUT2D eigenvalue weighted by molar-refractivity contribution is 7.25. The normalized spacial score (nSPS) is 13.0. The quantitative estimate of drug-likeness (QED) is 0.168. The van der Waals surface area contributed by atoms with Gasteiger partial charge in [0.1, 0.15) is 11.2 Å². The zero-order valence-corrected chi connectivity index (χ0v) is 32.3. The summed E-state index contributed by atoms with van der Waals surface area (Å²) in [4.78, 5) is 2.39. The molecule has 11 aromatic rings. The van der Waals surface area contributed by atoms with E-state index in [2.05, 4.69) is 205 Å². The van der Waals surface area contributed by atoms with Crippen molar-refractivity contribution in [3.8, 4) is 22.3 Å². The molecule has 2 heterocycles. The Balaban J connectivity index is 1.07. The third-order valence-corrected chi connectivity index (χ3v) is 13.3. The van der Waals surface area contributed by atoms with Crippen LogP contribution in [-0.2, 0) is 5.41 Å². The number of hydrogen-bond acceptors (Lipinski definition) is 3. The van der Waals surface area contributed by atoms with Gasteiger partial charge in [0.25, 0.3) is 0 Å². The molecule has 2 nitrogen and oxygen atoms in total. The lowest BCUT2D eigenvalue weighted by atomic mass is 9.67. The molecule has 0 bridgehead atoms. The van der Waals surface area contributed by atoms with Gasteiger partial charge in [-0.3, -0.25) is 0 Å². The van der Waals surface area contributed by atoms with Crippen LogP contribution in [0.3, 0.4) is 0 Å². The first kappa shape index (κ1) is 33.0. The van der Waals surface area contributed by atoms with Crippen LogP contribution in [0.15, 0.2) is 217 Å². The van der Waals surface area contributed by atoms with Crippen molar-refractivity contribution in [1.29, 1.82) is 0 Å². The van der Waals surface area contributed by atoms with Crippen LogP contribution < -0.4 is 4.90 Å². The number of anilines is 3. The summed E-state index contributed by atoms with van der Waals surface area (Å²) < 4.78 is 8.83. The van der Waals surface area contributed by atoms with E-state index < -0.39 is 5.41 Å². The number of para-hydroxylation sites is 1. The van der Waals surface area contributed by atoms with Crippen molar-refractivity contribution in [2.75, 3.05) is 4.90 Å². The van der Waals surface area contributed by atoms with E-state index in [1.807, 2.05) is 23.5 Å². The molecule has 0 fully saturated rings. The van der Waals surface area contributed by atoms with Gasteiger partial charge in [-0.1, -0.05) is 146 Å². The summed E-state index contributed by atoms with van der Waals surface area (Å²) in [5, 5.41) is 4.75. The van der Waals surface area contributed by atoms with Crippen molar-refractivity contribution < 1.29 is 4.42 Å². The monoisotopic (exact) mass is 757 g/mol. The van der Waals surface area contributed by atoms with Gasteiger partial charge < -0.3 is 9.32 Å². The first-order valence-corrected chi connectivity index (χ1v) is 20.6. The summed E-state index contributed by atoms with van der Waals surface area (Å²) in [6, 6.07) is 77.6. The Morgan fingerprint density at radius 1 is 0.362 bits per heavy atom. The summed E-state index contributed by atoms with van der Waals surface area (Å²) in [7, 11) is 0. The highest BCUT2D eigenvalue weighted by Gasteiger charge is 2.46. The number of hydrogen-bond donors (Lipinski definition) is 0. The number of benzene rings is 9. The van der Waals surface area contributed by atoms with E-state index in [1.165, 1.54) is 64.7 Å². The van der Waals surface area contributed by atoms with E-state index in [0.29, 0.717) is 0 Å². The predicted octanol–water partition coefficient (Wildman–Crippen LogP) is 15.5. The summed E-state index contributed by atoms with van der Waals surface area (Å²) in [6.07, 6.45) is 0. The average Bonchev–Trinajstić information content (AvgIpc) is 3.95. The largest absolute Gasteiger partial charge is 0.456 e. The van der Waals surface area contributed by atoms with Crippen LogP contribution in [0.4, 0.5) is 17.1 Å². The van der Waals surface area contributed by atoms with E-state index in [4.69, 9.17) is 4.42 Å². The van der Waals surface area contributed by atoms with Gasteiger partial charge in [0, 0.05) is 48.0 Å². The molecular formula is C55H35NOS. The summed E-state index contributed by atoms with van der Waals surface area (Å²) >= 11 is 1.86. The first-order chi connectivity index (χ1) is 28.7. The Morgan fingerprint density at radius 3 is 1.64 bits per heavy atom. The standard InChI is InChI=1S/C55H35NOS/c1-3-13-36(14-4-1)37-23-26-40(27-24-37)56(41-28-30-52-46(34-41)45-19-9-12-22-51(45)57-52)42-29-32-54-48(35-42)47-33-39(25-31-53(47)58-54)55(38-15-5-2-6-16-38)49-20-10-7-17-43(49)44-18-8-11-21-50(44)55/h1-35H. The van der Waals surface area contributed by atoms with Crippen LogP contribution >= 0.6 is 11.3 Å². The number of thiophene rings is 1. The van der Waals surface area contributed by atoms with E-state index in [9.17, 15) is 0 Å². The third-order valence-electron chi connectivity index (χ3n) is 12.2. The molecule has 272 valence electrons. The van der Waals surface area contributed by atoms with E-state index in [1.54, 1.807) is 0 Å². The van der Waals surface area contributed by atoms with Gasteiger partial charge in [-0.2, -0.15) is 0 Å². The van der Waals surface area contributed by atoms with Gasteiger partial charge in [-0.15, -0.1) is 11.3 Å². The van der Waals surface area contributed by atoms with Crippen LogP contribution in [0, 0.1) is 0 Å². The van der Waals surface area contributed by atoms with Gasteiger partial charge in [-0.05, 0) is 111 Å². The average molecular weight is 758 g/mol. The Labute approximate surface area is 340 Å². The minimum Gasteiger partial charge on any atom is -0.456 e. The maximum Gasteiger partial charge on any atom is 0.135 e. The second-order valence-electron chi connectivity index (χ2n) is 15.2. The Morgan fingerprint density at radius 2 is 0.897 bits per heavy atom. The van der Waals surface area contributed by atoms with Crippen LogP contribution in [0.2, 0.25) is 0 Å². The Bertz CT molecular complexity index is 3300. The van der Waals surface area contributed by atoms with Gasteiger partial charge in [0.2, 0.25) is 0 Å². The van der Waals surface area contributed by atoms with Gasteiger partial charge >= 0.3 is 0 Å². The maximum atomic E-state index is 6.28. The zero-order chi connectivity index (χ0) is 38.2. The molecule has 0 atom stereocenters. The summed E-state index contributed by atoms with van der Waals surface area (Å²) in [6.45, 7) is 0. The first-order valence-electron chi connectivity index (χ1n) is 19.8. The van der Waals surface area contributed by atoms with Crippen molar-refractivity contribution in [3.05, 3.63) is 235 Å². The molecule has 0 amide bonds. The smallest absolute Gasteiger partial charge is 0.135 e. The second-order valence-corrected chi connectivity index (χ2v) is 16.3. The van der Waals surface area contributed by atoms with Crippen LogP contribution in [0.1, 0.15) is 22.3 Å². The second kappa shape index (κ2) is 12.9. The highest BCUT2D eigenvalue weighted by Crippen LogP contribution is 2.56. The fourth-order valence-electron chi connectivity index (χ4n) is 9.58. The summed E-state index contributed by atoms with van der Waals surface area (Å²) in [5.74, 6) is 0. The van der Waals surface area contributed by atoms with Crippen LogP contribution in [0.25, 0.3) is 64.4 Å². The molecule has 58 heavy (non-hydrogen) atoms. The molecule has 12 rings (SSSR count). The summed E-state index contributed by atoms with van der Waals surface area (Å²) in [5.41, 5.74) is 14.8. The van der Waals surface area contributed by atoms with E-state index in [-0.39, 0.29) is 0 Å². The molecular weight excluding hydrogens is 723 g/mol. The Hall–Kier alpha value is -7.20. The van der Waals surface area contributed by atoms with Gasteiger partial charge in [0.15, 0.2) is 0 Å². The molecule has 0 unspecified atom stereocenters. The molecule has 2 aromatic heterocycles. The van der Waals surface area contributed by atoms with E-state index in [0.717, 1.165) is 39.0 Å². The van der Waals surface area contributed by atoms with Crippen molar-refractivity contribution in [1.82, 2.24) is 0 Å². The van der Waals surface area contributed by atoms with Crippen LogP contribution in [0.5, 0.6) is 0 Å². The molecule has 1 aliphatic carbocycles. The molecule has 1 aliphatic rings. The molecule has 0 spiro atoms. The molecule has 0 radical (unpaired) electrons. The third kappa shape index (κ3) is 4.90. The van der Waals surface area contributed by atoms with Crippen molar-refractivity contribution in [3.63, 3.8) is 0 Å². The molecule has 0 aliphatic heterocycles. The Kier molecular flexibility index (Phi) is 7.35. The lowest BCUT2D eigenvalue weighted by Crippen LogP contribution is -2.28. The topological polar surface area (TPSA) is 16.4 Å². The molecule has 9 aromatic carbocycles. The molecule has 0 N–H and O–H groups in total. The minimum atomic E-state index is -0.455. The number of rotatable bonds is 6. The minimum absolute atomic E-state index is 0.455. The number of furan rings is 1. The highest BCUT2D eigenvalue weighted by atomic mass is 32.1. The van der Waals surface area contributed by atoms with Crippen molar-refractivity contribution in [2.45, 2.75) is 5.41 Å². The lowest BCUT2D eigenvalue weighted by Gasteiger charge is -2.34. The van der Waals surface area contributed by atoms with Gasteiger partial charge in [-0.25, -0.2) is 0 Å². The van der Waals surface area contributed by atoms with E-state index >= 15 is 0 Å². The van der Waals surface area contributed by atoms with Crippen molar-refractivity contribution in [2.24, 2.45) is 0 Å².